The predicted molar refractivity (Wildman–Crippen MR) is 107 cm³/mol. The van der Waals surface area contributed by atoms with E-state index in [1.807, 2.05) is 51.1 Å². The van der Waals surface area contributed by atoms with Crippen LogP contribution in [-0.2, 0) is 9.59 Å². The molecule has 26 heavy (non-hydrogen) atoms. The topological polar surface area (TPSA) is 61.8 Å². The molecule has 2 amide bonds. The summed E-state index contributed by atoms with van der Waals surface area (Å²) in [5.41, 5.74) is 4.53. The fraction of sp³-hybridized carbons (Fsp3) is 0.200. The Morgan fingerprint density at radius 2 is 1.69 bits per heavy atom. The van der Waals surface area contributed by atoms with Gasteiger partial charge in [0.2, 0.25) is 5.91 Å². The van der Waals surface area contributed by atoms with Gasteiger partial charge in [0.15, 0.2) is 11.0 Å². The van der Waals surface area contributed by atoms with Crippen molar-refractivity contribution in [3.05, 3.63) is 59.2 Å². The van der Waals surface area contributed by atoms with Gasteiger partial charge in [-0.15, -0.1) is 0 Å². The predicted octanol–water partition coefficient (Wildman–Crippen LogP) is 3.38. The highest BCUT2D eigenvalue weighted by Gasteiger charge is 2.38. The Kier molecular flexibility index (Phi) is 4.95. The van der Waals surface area contributed by atoms with E-state index in [0.29, 0.717) is 5.69 Å². The lowest BCUT2D eigenvalue weighted by Crippen LogP contribution is -2.58. The molecule has 1 aliphatic heterocycles. The van der Waals surface area contributed by atoms with Gasteiger partial charge in [-0.3, -0.25) is 19.5 Å². The number of aryl methyl sites for hydroxylation is 3. The first kappa shape index (κ1) is 17.9. The van der Waals surface area contributed by atoms with E-state index in [1.165, 1.54) is 11.1 Å². The van der Waals surface area contributed by atoms with E-state index in [1.54, 1.807) is 12.1 Å². The zero-order valence-electron chi connectivity index (χ0n) is 14.8. The first-order valence-corrected chi connectivity index (χ1v) is 8.64. The van der Waals surface area contributed by atoms with Crippen LogP contribution in [0.3, 0.4) is 0 Å². The number of benzene rings is 2. The molecule has 0 bridgehead atoms. The van der Waals surface area contributed by atoms with E-state index < -0.39 is 17.7 Å². The summed E-state index contributed by atoms with van der Waals surface area (Å²) in [6.07, 6.45) is 1.39. The minimum atomic E-state index is -1.02. The van der Waals surface area contributed by atoms with Crippen molar-refractivity contribution in [3.63, 3.8) is 0 Å². The molecular weight excluding hydrogens is 346 g/mol. The number of rotatable bonds is 3. The molecule has 1 saturated heterocycles. The van der Waals surface area contributed by atoms with Crippen LogP contribution in [-0.4, -0.2) is 23.1 Å². The highest BCUT2D eigenvalue weighted by Crippen LogP contribution is 2.23. The molecule has 0 unspecified atom stereocenters. The maximum Gasteiger partial charge on any atom is 0.251 e. The van der Waals surface area contributed by atoms with E-state index in [9.17, 15) is 9.59 Å². The van der Waals surface area contributed by atoms with Crippen LogP contribution in [0.4, 0.5) is 11.4 Å². The molecule has 0 aliphatic carbocycles. The summed E-state index contributed by atoms with van der Waals surface area (Å²) in [5.74, 6) is -1.89. The molecule has 1 aliphatic rings. The highest BCUT2D eigenvalue weighted by molar-refractivity contribution is 7.80. The normalized spacial score (nSPS) is 17.7. The minimum Gasteiger partial charge on any atom is -0.301 e. The fourth-order valence-electron chi connectivity index (χ4n) is 2.77. The van der Waals surface area contributed by atoms with E-state index in [2.05, 4.69) is 10.3 Å². The third-order valence-corrected chi connectivity index (χ3v) is 4.49. The number of thiocarbonyl (C=S) groups is 1. The number of anilines is 1. The second-order valence-electron chi connectivity index (χ2n) is 6.35. The van der Waals surface area contributed by atoms with Gasteiger partial charge in [0, 0.05) is 6.21 Å². The van der Waals surface area contributed by atoms with Crippen molar-refractivity contribution in [3.8, 4) is 0 Å². The molecule has 1 heterocycles. The lowest BCUT2D eigenvalue weighted by atomic mass is 10.1. The van der Waals surface area contributed by atoms with Crippen molar-refractivity contribution in [1.82, 2.24) is 5.32 Å². The molecule has 6 heteroatoms. The number of hydrogen-bond acceptors (Lipinski definition) is 4. The molecule has 132 valence electrons. The largest absolute Gasteiger partial charge is 0.301 e. The summed E-state index contributed by atoms with van der Waals surface area (Å²) in [7, 11) is 0. The van der Waals surface area contributed by atoms with Crippen molar-refractivity contribution in [2.45, 2.75) is 20.8 Å². The molecule has 1 fully saturated rings. The first-order valence-electron chi connectivity index (χ1n) is 8.24. The number of aliphatic imine (C=N–C) groups is 1. The molecule has 5 nitrogen and oxygen atoms in total. The van der Waals surface area contributed by atoms with Crippen LogP contribution in [0.25, 0.3) is 0 Å². The van der Waals surface area contributed by atoms with Gasteiger partial charge in [0.25, 0.3) is 5.91 Å². The Morgan fingerprint density at radius 3 is 2.35 bits per heavy atom. The molecule has 0 radical (unpaired) electrons. The van der Waals surface area contributed by atoms with Gasteiger partial charge in [0.1, 0.15) is 0 Å². The van der Waals surface area contributed by atoms with E-state index in [0.717, 1.165) is 22.4 Å². The Balaban J connectivity index is 1.90. The quantitative estimate of drug-likeness (QED) is 0.515. The SMILES string of the molecule is Cc1ccc(N2C(=O)[C@@H](C=Nc3ccc(C)cc3C)C(=O)NC2=S)cc1. The van der Waals surface area contributed by atoms with Gasteiger partial charge in [-0.05, 0) is 56.8 Å². The lowest BCUT2D eigenvalue weighted by molar-refractivity contribution is -0.130. The van der Waals surface area contributed by atoms with Gasteiger partial charge >= 0.3 is 0 Å². The van der Waals surface area contributed by atoms with Gasteiger partial charge in [-0.1, -0.05) is 35.4 Å². The van der Waals surface area contributed by atoms with Crippen molar-refractivity contribution < 1.29 is 9.59 Å². The molecule has 1 atom stereocenters. The Hall–Kier alpha value is -2.86. The Bertz CT molecular complexity index is 919. The van der Waals surface area contributed by atoms with Crippen LogP contribution >= 0.6 is 12.2 Å². The maximum atomic E-state index is 12.9. The molecular formula is C20H19N3O2S. The van der Waals surface area contributed by atoms with Crippen molar-refractivity contribution >= 4 is 46.7 Å². The molecule has 0 aromatic heterocycles. The number of carbonyl (C=O) groups excluding carboxylic acids is 2. The van der Waals surface area contributed by atoms with Crippen LogP contribution < -0.4 is 10.2 Å². The number of hydrogen-bond donors (Lipinski definition) is 1. The minimum absolute atomic E-state index is 0.0834. The third-order valence-electron chi connectivity index (χ3n) is 4.21. The number of carbonyl (C=O) groups is 2. The van der Waals surface area contributed by atoms with E-state index >= 15 is 0 Å². The van der Waals surface area contributed by atoms with Crippen LogP contribution in [0.2, 0.25) is 0 Å². The number of amides is 2. The number of nitrogens with zero attached hydrogens (tertiary/aromatic N) is 2. The lowest BCUT2D eigenvalue weighted by Gasteiger charge is -2.31. The average molecular weight is 365 g/mol. The molecule has 1 N–H and O–H groups in total. The summed E-state index contributed by atoms with van der Waals surface area (Å²) < 4.78 is 0. The number of nitrogens with one attached hydrogen (secondary N) is 1. The molecule has 0 saturated carbocycles. The summed E-state index contributed by atoms with van der Waals surface area (Å²) in [6.45, 7) is 5.90. The second-order valence-corrected chi connectivity index (χ2v) is 6.74. The molecule has 3 rings (SSSR count). The van der Waals surface area contributed by atoms with Crippen molar-refractivity contribution in [2.75, 3.05) is 4.90 Å². The Labute approximate surface area is 157 Å². The third kappa shape index (κ3) is 3.55. The summed E-state index contributed by atoms with van der Waals surface area (Å²) >= 11 is 5.19. The van der Waals surface area contributed by atoms with Crippen LogP contribution in [0, 0.1) is 26.7 Å². The summed E-state index contributed by atoms with van der Waals surface area (Å²) in [5, 5.41) is 2.67. The summed E-state index contributed by atoms with van der Waals surface area (Å²) in [4.78, 5) is 30.9. The smallest absolute Gasteiger partial charge is 0.251 e. The van der Waals surface area contributed by atoms with Crippen molar-refractivity contribution in [2.24, 2.45) is 10.9 Å². The zero-order chi connectivity index (χ0) is 18.8. The zero-order valence-corrected chi connectivity index (χ0v) is 15.6. The van der Waals surface area contributed by atoms with Gasteiger partial charge in [-0.2, -0.15) is 0 Å². The van der Waals surface area contributed by atoms with Crippen molar-refractivity contribution in [1.29, 1.82) is 0 Å². The monoisotopic (exact) mass is 365 g/mol. The van der Waals surface area contributed by atoms with Gasteiger partial charge in [-0.25, -0.2) is 0 Å². The highest BCUT2D eigenvalue weighted by atomic mass is 32.1. The van der Waals surface area contributed by atoms with Gasteiger partial charge < -0.3 is 5.32 Å². The van der Waals surface area contributed by atoms with E-state index in [4.69, 9.17) is 12.2 Å². The maximum absolute atomic E-state index is 12.9. The van der Waals surface area contributed by atoms with E-state index in [-0.39, 0.29) is 5.11 Å². The molecule has 0 spiro atoms. The average Bonchev–Trinajstić information content (AvgIpc) is 2.57. The second kappa shape index (κ2) is 7.17. The van der Waals surface area contributed by atoms with Crippen LogP contribution in [0.1, 0.15) is 16.7 Å². The van der Waals surface area contributed by atoms with Crippen LogP contribution in [0.5, 0.6) is 0 Å². The standard InChI is InChI=1S/C20H19N3O2S/c1-12-4-7-15(8-5-12)23-19(25)16(18(24)22-20(23)26)11-21-17-9-6-13(2)10-14(17)3/h4-11,16H,1-3H3,(H,22,24,26)/t16-/m0/s1. The Morgan fingerprint density at radius 1 is 1.04 bits per heavy atom. The molecule has 2 aromatic carbocycles. The molecule has 2 aromatic rings. The first-order chi connectivity index (χ1) is 12.4. The van der Waals surface area contributed by atoms with Gasteiger partial charge in [0.05, 0.1) is 11.4 Å². The van der Waals surface area contributed by atoms with Crippen LogP contribution in [0.15, 0.2) is 47.5 Å². The summed E-state index contributed by atoms with van der Waals surface area (Å²) in [6, 6.07) is 13.2. The fourth-order valence-corrected chi connectivity index (χ4v) is 3.06.